The molecule has 1 aliphatic carbocycles. The molecular formula is C9H7F. The molecule has 0 saturated heterocycles. The van der Waals surface area contributed by atoms with Gasteiger partial charge in [-0.1, -0.05) is 30.3 Å². The molecule has 0 fully saturated rings. The molecule has 0 aliphatic heterocycles. The first-order chi connectivity index (χ1) is 4.88. The first-order valence-corrected chi connectivity index (χ1v) is 3.29. The number of benzene rings is 1. The van der Waals surface area contributed by atoms with Gasteiger partial charge in [0.2, 0.25) is 0 Å². The molecule has 50 valence electrons. The van der Waals surface area contributed by atoms with Crippen LogP contribution in [0.2, 0.25) is 0 Å². The summed E-state index contributed by atoms with van der Waals surface area (Å²) in [4.78, 5) is 0. The van der Waals surface area contributed by atoms with E-state index in [-0.39, 0.29) is 0 Å². The van der Waals surface area contributed by atoms with Gasteiger partial charge in [0, 0.05) is 0 Å². The van der Waals surface area contributed by atoms with E-state index in [1.165, 1.54) is 0 Å². The van der Waals surface area contributed by atoms with Gasteiger partial charge in [0.15, 0.2) is 0 Å². The van der Waals surface area contributed by atoms with Gasteiger partial charge < -0.3 is 0 Å². The average molecular weight is 134 g/mol. The van der Waals surface area contributed by atoms with E-state index in [1.54, 1.807) is 6.08 Å². The third-order valence-electron chi connectivity index (χ3n) is 1.74. The Morgan fingerprint density at radius 3 is 2.80 bits per heavy atom. The summed E-state index contributed by atoms with van der Waals surface area (Å²) in [5.74, 6) is 0. The number of fused-ring (bicyclic) bond motifs is 1. The van der Waals surface area contributed by atoms with Gasteiger partial charge in [0.1, 0.15) is 6.17 Å². The molecule has 0 amide bonds. The molecule has 0 spiro atoms. The first kappa shape index (κ1) is 5.66. The lowest BCUT2D eigenvalue weighted by atomic mass is 10.1. The molecule has 1 unspecified atom stereocenters. The van der Waals surface area contributed by atoms with Crippen molar-refractivity contribution in [2.75, 3.05) is 0 Å². The third kappa shape index (κ3) is 0.670. The van der Waals surface area contributed by atoms with E-state index in [1.807, 2.05) is 30.3 Å². The normalized spacial score (nSPS) is 21.1. The Morgan fingerprint density at radius 2 is 2.00 bits per heavy atom. The number of alkyl halides is 1. The average Bonchev–Trinajstić information content (AvgIpc) is 2.34. The highest BCUT2D eigenvalue weighted by Gasteiger charge is 2.13. The molecule has 0 nitrogen and oxygen atoms in total. The number of hydrogen-bond donors (Lipinski definition) is 0. The molecule has 0 radical (unpaired) electrons. The fourth-order valence-corrected chi connectivity index (χ4v) is 1.21. The van der Waals surface area contributed by atoms with Gasteiger partial charge in [0.05, 0.1) is 0 Å². The topological polar surface area (TPSA) is 0 Å². The minimum absolute atomic E-state index is 0.794. The smallest absolute Gasteiger partial charge is 0.144 e. The molecule has 0 bridgehead atoms. The molecule has 0 saturated carbocycles. The van der Waals surface area contributed by atoms with Crippen LogP contribution in [0.5, 0.6) is 0 Å². The maximum Gasteiger partial charge on any atom is 0.144 e. The predicted molar refractivity (Wildman–Crippen MR) is 39.3 cm³/mol. The van der Waals surface area contributed by atoms with Gasteiger partial charge in [-0.2, -0.15) is 0 Å². The van der Waals surface area contributed by atoms with E-state index < -0.39 is 6.17 Å². The van der Waals surface area contributed by atoms with Crippen LogP contribution in [-0.4, -0.2) is 0 Å². The van der Waals surface area contributed by atoms with Crippen LogP contribution in [-0.2, 0) is 0 Å². The zero-order valence-electron chi connectivity index (χ0n) is 5.42. The number of rotatable bonds is 0. The molecule has 1 atom stereocenters. The van der Waals surface area contributed by atoms with Crippen LogP contribution in [0.1, 0.15) is 17.3 Å². The summed E-state index contributed by atoms with van der Waals surface area (Å²) in [6, 6.07) is 7.52. The van der Waals surface area contributed by atoms with Crippen molar-refractivity contribution in [3.05, 3.63) is 41.5 Å². The number of halogens is 1. The molecule has 0 N–H and O–H groups in total. The molecule has 0 aromatic heterocycles. The largest absolute Gasteiger partial charge is 0.238 e. The third-order valence-corrected chi connectivity index (χ3v) is 1.74. The molecule has 1 aromatic carbocycles. The second-order valence-corrected chi connectivity index (χ2v) is 2.39. The summed E-state index contributed by atoms with van der Waals surface area (Å²) in [7, 11) is 0. The molecule has 1 aliphatic rings. The van der Waals surface area contributed by atoms with Crippen LogP contribution >= 0.6 is 0 Å². The maximum atomic E-state index is 12.8. The van der Waals surface area contributed by atoms with Crippen LogP contribution in [0, 0.1) is 0 Å². The zero-order valence-corrected chi connectivity index (χ0v) is 5.42. The Morgan fingerprint density at radius 1 is 1.20 bits per heavy atom. The van der Waals surface area contributed by atoms with E-state index in [2.05, 4.69) is 0 Å². The Kier molecular flexibility index (Phi) is 1.10. The first-order valence-electron chi connectivity index (χ1n) is 3.29. The summed E-state index contributed by atoms with van der Waals surface area (Å²) < 4.78 is 12.8. The Bertz CT molecular complexity index is 276. The quantitative estimate of drug-likeness (QED) is 0.511. The lowest BCUT2D eigenvalue weighted by Crippen LogP contribution is -1.82. The summed E-state index contributed by atoms with van der Waals surface area (Å²) in [6.07, 6.45) is 2.51. The highest BCUT2D eigenvalue weighted by atomic mass is 19.1. The van der Waals surface area contributed by atoms with Gasteiger partial charge in [-0.05, 0) is 17.2 Å². The second-order valence-electron chi connectivity index (χ2n) is 2.39. The van der Waals surface area contributed by atoms with E-state index in [0.29, 0.717) is 0 Å². The monoisotopic (exact) mass is 134 g/mol. The number of hydrogen-bond acceptors (Lipinski definition) is 0. The summed E-state index contributed by atoms with van der Waals surface area (Å²) in [5.41, 5.74) is 1.80. The number of allylic oxidation sites excluding steroid dienone is 1. The Hall–Kier alpha value is -1.11. The Balaban J connectivity index is 2.59. The van der Waals surface area contributed by atoms with Gasteiger partial charge >= 0.3 is 0 Å². The highest BCUT2D eigenvalue weighted by molar-refractivity contribution is 5.61. The molecule has 10 heavy (non-hydrogen) atoms. The van der Waals surface area contributed by atoms with Crippen molar-refractivity contribution in [3.8, 4) is 0 Å². The van der Waals surface area contributed by atoms with Gasteiger partial charge in [-0.15, -0.1) is 0 Å². The zero-order chi connectivity index (χ0) is 6.97. The summed E-state index contributed by atoms with van der Waals surface area (Å²) >= 11 is 0. The standard InChI is InChI=1S/C9H7F/c10-9-6-5-7-3-1-2-4-8(7)9/h1-6,9H. The lowest BCUT2D eigenvalue weighted by molar-refractivity contribution is 0.420. The molecule has 1 heteroatoms. The fourth-order valence-electron chi connectivity index (χ4n) is 1.21. The molecular weight excluding hydrogens is 127 g/mol. The minimum Gasteiger partial charge on any atom is -0.238 e. The summed E-state index contributed by atoms with van der Waals surface area (Å²) in [5, 5.41) is 0. The predicted octanol–water partition coefficient (Wildman–Crippen LogP) is 2.72. The second kappa shape index (κ2) is 1.94. The van der Waals surface area contributed by atoms with Crippen LogP contribution in [0.4, 0.5) is 4.39 Å². The highest BCUT2D eigenvalue weighted by Crippen LogP contribution is 2.29. The van der Waals surface area contributed by atoms with Crippen molar-refractivity contribution in [2.24, 2.45) is 0 Å². The molecule has 1 aromatic rings. The summed E-state index contributed by atoms with van der Waals surface area (Å²) in [6.45, 7) is 0. The SMILES string of the molecule is FC1C=Cc2ccccc21. The molecule has 0 heterocycles. The minimum atomic E-state index is -0.879. The van der Waals surface area contributed by atoms with Crippen LogP contribution in [0.3, 0.4) is 0 Å². The van der Waals surface area contributed by atoms with Crippen molar-refractivity contribution < 1.29 is 4.39 Å². The van der Waals surface area contributed by atoms with Gasteiger partial charge in [0.25, 0.3) is 0 Å². The van der Waals surface area contributed by atoms with Crippen molar-refractivity contribution in [1.29, 1.82) is 0 Å². The Labute approximate surface area is 59.0 Å². The van der Waals surface area contributed by atoms with Gasteiger partial charge in [-0.25, -0.2) is 4.39 Å². The van der Waals surface area contributed by atoms with Crippen LogP contribution < -0.4 is 0 Å². The lowest BCUT2D eigenvalue weighted by Gasteiger charge is -1.98. The van der Waals surface area contributed by atoms with Crippen molar-refractivity contribution in [3.63, 3.8) is 0 Å². The van der Waals surface area contributed by atoms with E-state index in [4.69, 9.17) is 0 Å². The van der Waals surface area contributed by atoms with Crippen molar-refractivity contribution >= 4 is 6.08 Å². The molecule has 2 rings (SSSR count). The van der Waals surface area contributed by atoms with Crippen LogP contribution in [0.15, 0.2) is 30.3 Å². The van der Waals surface area contributed by atoms with Crippen molar-refractivity contribution in [2.45, 2.75) is 6.17 Å². The van der Waals surface area contributed by atoms with E-state index >= 15 is 0 Å². The van der Waals surface area contributed by atoms with Crippen LogP contribution in [0.25, 0.3) is 6.08 Å². The van der Waals surface area contributed by atoms with Gasteiger partial charge in [-0.3, -0.25) is 0 Å². The van der Waals surface area contributed by atoms with E-state index in [0.717, 1.165) is 11.1 Å². The van der Waals surface area contributed by atoms with E-state index in [9.17, 15) is 4.39 Å². The maximum absolute atomic E-state index is 12.8. The van der Waals surface area contributed by atoms with Crippen molar-refractivity contribution in [1.82, 2.24) is 0 Å². The fraction of sp³-hybridized carbons (Fsp3) is 0.111.